The molecule has 1 N–H and O–H groups in total. The first kappa shape index (κ1) is 11.7. The number of hydrogen-bond donors (Lipinski definition) is 1. The normalized spacial score (nSPS) is 10.6. The second-order valence-electron chi connectivity index (χ2n) is 3.60. The molecule has 0 spiro atoms. The highest BCUT2D eigenvalue weighted by molar-refractivity contribution is 7.13. The van der Waals surface area contributed by atoms with Crippen LogP contribution in [-0.2, 0) is 20.1 Å². The number of aryl methyl sites for hydroxylation is 1. The van der Waals surface area contributed by atoms with E-state index in [1.54, 1.807) is 22.3 Å². The summed E-state index contributed by atoms with van der Waals surface area (Å²) in [6.45, 7) is 1.32. The Morgan fingerprint density at radius 1 is 1.59 bits per heavy atom. The van der Waals surface area contributed by atoms with Crippen molar-refractivity contribution in [2.24, 2.45) is 7.05 Å². The predicted molar refractivity (Wildman–Crippen MR) is 64.7 cm³/mol. The third-order valence-corrected chi connectivity index (χ3v) is 3.31. The van der Waals surface area contributed by atoms with Gasteiger partial charge in [-0.2, -0.15) is 5.10 Å². The molecule has 0 aliphatic heterocycles. The molecule has 0 unspecified atom stereocenters. The number of nitrogens with one attached hydrogen (secondary N) is 1. The minimum absolute atomic E-state index is 0.183. The van der Waals surface area contributed by atoms with E-state index >= 15 is 0 Å². The topological polar surface area (TPSA) is 73.0 Å². The largest absolute Gasteiger partial charge is 0.324 e. The van der Waals surface area contributed by atoms with Crippen molar-refractivity contribution in [2.45, 2.75) is 13.1 Å². The van der Waals surface area contributed by atoms with Crippen LogP contribution in [-0.4, -0.2) is 14.7 Å². The van der Waals surface area contributed by atoms with Crippen molar-refractivity contribution in [3.05, 3.63) is 45.1 Å². The molecule has 0 amide bonds. The monoisotopic (exact) mass is 252 g/mol. The number of nitrogens with zero attached hydrogens (tertiary/aromatic N) is 3. The molecule has 2 heterocycles. The van der Waals surface area contributed by atoms with Crippen LogP contribution in [0.3, 0.4) is 0 Å². The van der Waals surface area contributed by atoms with E-state index in [-0.39, 0.29) is 9.92 Å². The van der Waals surface area contributed by atoms with E-state index in [4.69, 9.17) is 0 Å². The van der Waals surface area contributed by atoms with Crippen molar-refractivity contribution < 1.29 is 4.92 Å². The average Bonchev–Trinajstić information content (AvgIpc) is 2.89. The Morgan fingerprint density at radius 2 is 2.41 bits per heavy atom. The van der Waals surface area contributed by atoms with Crippen molar-refractivity contribution in [3.63, 3.8) is 0 Å². The number of nitro groups is 1. The predicted octanol–water partition coefficient (Wildman–Crippen LogP) is 1.68. The van der Waals surface area contributed by atoms with Crippen molar-refractivity contribution in [3.8, 4) is 0 Å². The lowest BCUT2D eigenvalue weighted by Gasteiger charge is -2.03. The standard InChI is InChI=1S/C10H12N4O2S/c1-13-9(2-3-12-13)6-11-5-8-4-10(14(15)16)17-7-8/h2-4,7,11H,5-6H2,1H3. The van der Waals surface area contributed by atoms with Gasteiger partial charge in [-0.1, -0.05) is 11.3 Å². The fraction of sp³-hybridized carbons (Fsp3) is 0.300. The van der Waals surface area contributed by atoms with Crippen LogP contribution in [0, 0.1) is 10.1 Å². The number of rotatable bonds is 5. The number of hydrogen-bond acceptors (Lipinski definition) is 5. The zero-order valence-corrected chi connectivity index (χ0v) is 10.1. The Bertz CT molecular complexity index is 520. The van der Waals surface area contributed by atoms with Gasteiger partial charge in [0.05, 0.1) is 10.6 Å². The summed E-state index contributed by atoms with van der Waals surface area (Å²) in [6, 6.07) is 3.53. The molecular formula is C10H12N4O2S. The molecule has 0 fully saturated rings. The van der Waals surface area contributed by atoms with Crippen LogP contribution in [0.2, 0.25) is 0 Å². The maximum absolute atomic E-state index is 10.5. The Morgan fingerprint density at radius 3 is 3.00 bits per heavy atom. The zero-order chi connectivity index (χ0) is 12.3. The van der Waals surface area contributed by atoms with Gasteiger partial charge in [0.2, 0.25) is 0 Å². The summed E-state index contributed by atoms with van der Waals surface area (Å²) in [5.41, 5.74) is 2.01. The molecule has 7 heteroatoms. The van der Waals surface area contributed by atoms with Gasteiger partial charge in [-0.3, -0.25) is 14.8 Å². The van der Waals surface area contributed by atoms with Gasteiger partial charge in [0.15, 0.2) is 0 Å². The second-order valence-corrected chi connectivity index (χ2v) is 4.49. The fourth-order valence-corrected chi connectivity index (χ4v) is 2.19. The maximum atomic E-state index is 10.5. The molecule has 0 radical (unpaired) electrons. The Hall–Kier alpha value is -1.73. The lowest BCUT2D eigenvalue weighted by atomic mass is 10.3. The lowest BCUT2D eigenvalue weighted by Crippen LogP contribution is -2.14. The van der Waals surface area contributed by atoms with Crippen LogP contribution in [0.5, 0.6) is 0 Å². The highest BCUT2D eigenvalue weighted by Crippen LogP contribution is 2.22. The highest BCUT2D eigenvalue weighted by Gasteiger charge is 2.09. The summed E-state index contributed by atoms with van der Waals surface area (Å²) in [4.78, 5) is 10.1. The molecule has 0 bridgehead atoms. The first-order chi connectivity index (χ1) is 8.16. The van der Waals surface area contributed by atoms with E-state index in [9.17, 15) is 10.1 Å². The van der Waals surface area contributed by atoms with Gasteiger partial charge in [0.1, 0.15) is 0 Å². The molecule has 0 aromatic carbocycles. The number of aromatic nitrogens is 2. The van der Waals surface area contributed by atoms with Crippen LogP contribution in [0.4, 0.5) is 5.00 Å². The van der Waals surface area contributed by atoms with E-state index < -0.39 is 0 Å². The summed E-state index contributed by atoms with van der Waals surface area (Å²) in [5.74, 6) is 0. The summed E-state index contributed by atoms with van der Waals surface area (Å²) >= 11 is 1.15. The second kappa shape index (κ2) is 5.07. The highest BCUT2D eigenvalue weighted by atomic mass is 32.1. The fourth-order valence-electron chi connectivity index (χ4n) is 1.46. The van der Waals surface area contributed by atoms with Gasteiger partial charge in [-0.15, -0.1) is 0 Å². The first-order valence-corrected chi connectivity index (χ1v) is 5.94. The van der Waals surface area contributed by atoms with Crippen LogP contribution >= 0.6 is 11.3 Å². The third kappa shape index (κ3) is 2.89. The lowest BCUT2D eigenvalue weighted by molar-refractivity contribution is -0.380. The van der Waals surface area contributed by atoms with Crippen molar-refractivity contribution in [1.29, 1.82) is 0 Å². The number of thiophene rings is 1. The van der Waals surface area contributed by atoms with Crippen LogP contribution in [0.25, 0.3) is 0 Å². The molecule has 6 nitrogen and oxygen atoms in total. The quantitative estimate of drug-likeness (QED) is 0.649. The molecule has 0 saturated heterocycles. The molecular weight excluding hydrogens is 240 g/mol. The van der Waals surface area contributed by atoms with E-state index in [1.165, 1.54) is 0 Å². The molecule has 0 aliphatic carbocycles. The van der Waals surface area contributed by atoms with E-state index in [0.717, 1.165) is 22.6 Å². The molecule has 90 valence electrons. The summed E-state index contributed by atoms with van der Waals surface area (Å²) in [5, 5.41) is 19.8. The molecule has 2 aromatic rings. The molecule has 2 aromatic heterocycles. The van der Waals surface area contributed by atoms with Gasteiger partial charge < -0.3 is 5.32 Å². The maximum Gasteiger partial charge on any atom is 0.324 e. The minimum Gasteiger partial charge on any atom is -0.307 e. The van der Waals surface area contributed by atoms with Gasteiger partial charge >= 0.3 is 5.00 Å². The Labute approximate surface area is 102 Å². The SMILES string of the molecule is Cn1nccc1CNCc1csc([N+](=O)[O-])c1. The van der Waals surface area contributed by atoms with Gasteiger partial charge in [-0.05, 0) is 11.6 Å². The van der Waals surface area contributed by atoms with Crippen molar-refractivity contribution in [1.82, 2.24) is 15.1 Å². The van der Waals surface area contributed by atoms with Crippen molar-refractivity contribution in [2.75, 3.05) is 0 Å². The zero-order valence-electron chi connectivity index (χ0n) is 9.29. The smallest absolute Gasteiger partial charge is 0.307 e. The molecule has 0 saturated carbocycles. The van der Waals surface area contributed by atoms with Gasteiger partial charge in [0.25, 0.3) is 0 Å². The van der Waals surface area contributed by atoms with Crippen LogP contribution in [0.1, 0.15) is 11.3 Å². The summed E-state index contributed by atoms with van der Waals surface area (Å²) in [6.07, 6.45) is 1.74. The van der Waals surface area contributed by atoms with Crippen LogP contribution in [0.15, 0.2) is 23.7 Å². The summed E-state index contributed by atoms with van der Waals surface area (Å²) in [7, 11) is 1.88. The van der Waals surface area contributed by atoms with Gasteiger partial charge in [-0.25, -0.2) is 0 Å². The van der Waals surface area contributed by atoms with Crippen LogP contribution < -0.4 is 5.32 Å². The Kier molecular flexibility index (Phi) is 3.50. The molecule has 17 heavy (non-hydrogen) atoms. The molecule has 0 aliphatic rings. The average molecular weight is 252 g/mol. The van der Waals surface area contributed by atoms with Crippen molar-refractivity contribution >= 4 is 16.3 Å². The third-order valence-electron chi connectivity index (χ3n) is 2.38. The van der Waals surface area contributed by atoms with Gasteiger partial charge in [0, 0.05) is 37.8 Å². The minimum atomic E-state index is -0.366. The molecule has 2 rings (SSSR count). The summed E-state index contributed by atoms with van der Waals surface area (Å²) < 4.78 is 1.79. The Balaban J connectivity index is 1.86. The van der Waals surface area contributed by atoms with E-state index in [0.29, 0.717) is 13.1 Å². The molecule has 0 atom stereocenters. The van der Waals surface area contributed by atoms with E-state index in [1.807, 2.05) is 13.1 Å². The first-order valence-electron chi connectivity index (χ1n) is 5.06. The van der Waals surface area contributed by atoms with E-state index in [2.05, 4.69) is 10.4 Å².